The van der Waals surface area contributed by atoms with Gasteiger partial charge in [0, 0.05) is 18.9 Å². The topological polar surface area (TPSA) is 93.0 Å². The second-order valence-corrected chi connectivity index (χ2v) is 8.63. The van der Waals surface area contributed by atoms with Gasteiger partial charge in [-0.15, -0.1) is 0 Å². The van der Waals surface area contributed by atoms with E-state index in [2.05, 4.69) is 5.32 Å². The minimum Gasteiger partial charge on any atom is -0.497 e. The van der Waals surface area contributed by atoms with Crippen LogP contribution >= 0.6 is 0 Å². The van der Waals surface area contributed by atoms with Gasteiger partial charge >= 0.3 is 7.12 Å². The van der Waals surface area contributed by atoms with E-state index >= 15 is 0 Å². The molecule has 2 aromatic carbocycles. The molecule has 0 radical (unpaired) electrons. The molecule has 3 N–H and O–H groups in total. The minimum absolute atomic E-state index is 0.104. The average Bonchev–Trinajstić information content (AvgIpc) is 3.37. The van der Waals surface area contributed by atoms with Crippen LogP contribution in [0.5, 0.6) is 11.5 Å². The second kappa shape index (κ2) is 10.4. The van der Waals surface area contributed by atoms with E-state index in [1.54, 1.807) is 18.2 Å². The van der Waals surface area contributed by atoms with Crippen LogP contribution in [0.2, 0.25) is 0 Å². The molecule has 9 heteroatoms. The van der Waals surface area contributed by atoms with Gasteiger partial charge in [-0.3, -0.25) is 4.79 Å². The summed E-state index contributed by atoms with van der Waals surface area (Å²) in [6.45, 7) is 2.31. The molecule has 0 aliphatic heterocycles. The van der Waals surface area contributed by atoms with E-state index < -0.39 is 7.12 Å². The maximum atomic E-state index is 14.2. The Hall–Kier alpha value is -3.82. The van der Waals surface area contributed by atoms with Crippen molar-refractivity contribution in [1.29, 1.82) is 0 Å². The summed E-state index contributed by atoms with van der Waals surface area (Å²) in [5.41, 5.74) is 5.71. The maximum Gasteiger partial charge on any atom is 0.496 e. The number of halogens is 1. The Bertz CT molecular complexity index is 1350. The Labute approximate surface area is 209 Å². The van der Waals surface area contributed by atoms with Gasteiger partial charge in [-0.05, 0) is 82.8 Å². The number of fused-ring (bicyclic) bond motifs is 1. The fourth-order valence-electron chi connectivity index (χ4n) is 4.54. The predicted octanol–water partition coefficient (Wildman–Crippen LogP) is 2.90. The molecule has 3 aromatic rings. The maximum absolute atomic E-state index is 14.2. The van der Waals surface area contributed by atoms with Gasteiger partial charge in [0.15, 0.2) is 0 Å². The lowest BCUT2D eigenvalue weighted by Crippen LogP contribution is -2.32. The van der Waals surface area contributed by atoms with E-state index in [0.717, 1.165) is 28.0 Å². The number of allylic oxidation sites excluding steroid dienone is 2. The standard InChI is InChI=1S/C27H28BFN2O5/c1-16-21(10-17-11-24(35-3)27(28(33)34)25(12-17)36-4)20-8-7-18(29)13-23(20)22(16)14-26(32)30-15-19-6-5-9-31(19)2/h5-13,33-34H,14-15H2,1-4H3,(H,30,32)/b21-10-. The van der Waals surface area contributed by atoms with Crippen molar-refractivity contribution in [3.63, 3.8) is 0 Å². The Morgan fingerprint density at radius 2 is 1.81 bits per heavy atom. The van der Waals surface area contributed by atoms with E-state index in [1.807, 2.05) is 42.9 Å². The molecule has 0 saturated carbocycles. The molecule has 186 valence electrons. The molecule has 4 rings (SSSR count). The van der Waals surface area contributed by atoms with Crippen molar-refractivity contribution < 1.29 is 28.7 Å². The molecule has 0 saturated heterocycles. The molecule has 1 aromatic heterocycles. The number of hydrogen-bond acceptors (Lipinski definition) is 5. The van der Waals surface area contributed by atoms with Gasteiger partial charge in [-0.1, -0.05) is 6.07 Å². The van der Waals surface area contributed by atoms with Gasteiger partial charge in [0.2, 0.25) is 5.91 Å². The summed E-state index contributed by atoms with van der Waals surface area (Å²) < 4.78 is 26.9. The molecule has 1 heterocycles. The van der Waals surface area contributed by atoms with E-state index in [4.69, 9.17) is 9.47 Å². The summed E-state index contributed by atoms with van der Waals surface area (Å²) in [5, 5.41) is 22.5. The molecule has 1 aliphatic carbocycles. The lowest BCUT2D eigenvalue weighted by atomic mass is 9.78. The van der Waals surface area contributed by atoms with E-state index in [9.17, 15) is 19.2 Å². The second-order valence-electron chi connectivity index (χ2n) is 8.63. The molecule has 0 bridgehead atoms. The smallest absolute Gasteiger partial charge is 0.496 e. The van der Waals surface area contributed by atoms with Crippen LogP contribution in [-0.2, 0) is 18.4 Å². The molecule has 0 atom stereocenters. The van der Waals surface area contributed by atoms with Crippen LogP contribution in [0.3, 0.4) is 0 Å². The zero-order valence-electron chi connectivity index (χ0n) is 20.6. The van der Waals surface area contributed by atoms with Crippen LogP contribution in [0.1, 0.15) is 35.7 Å². The molecule has 1 amide bonds. The Morgan fingerprint density at radius 3 is 2.39 bits per heavy atom. The summed E-state index contributed by atoms with van der Waals surface area (Å²) in [6, 6.07) is 11.7. The number of amides is 1. The van der Waals surface area contributed by atoms with Crippen LogP contribution in [0.15, 0.2) is 54.2 Å². The normalized spacial score (nSPS) is 13.7. The number of hydrogen-bond donors (Lipinski definition) is 3. The van der Waals surface area contributed by atoms with Crippen molar-refractivity contribution >= 4 is 35.7 Å². The van der Waals surface area contributed by atoms with E-state index in [-0.39, 0.29) is 35.1 Å². The molecule has 0 fully saturated rings. The molecule has 0 spiro atoms. The van der Waals surface area contributed by atoms with Gasteiger partial charge in [-0.2, -0.15) is 0 Å². The number of aryl methyl sites for hydroxylation is 1. The van der Waals surface area contributed by atoms with E-state index in [1.165, 1.54) is 26.4 Å². The van der Waals surface area contributed by atoms with Gasteiger partial charge in [-0.25, -0.2) is 4.39 Å². The highest BCUT2D eigenvalue weighted by molar-refractivity contribution is 6.61. The van der Waals surface area contributed by atoms with Crippen molar-refractivity contribution in [2.45, 2.75) is 19.9 Å². The number of ether oxygens (including phenoxy) is 2. The molecule has 0 unspecified atom stereocenters. The Morgan fingerprint density at radius 1 is 1.11 bits per heavy atom. The Balaban J connectivity index is 1.71. The quantitative estimate of drug-likeness (QED) is 0.423. The fraction of sp³-hybridized carbons (Fsp3) is 0.222. The number of nitrogens with one attached hydrogen (secondary N) is 1. The molecule has 7 nitrogen and oxygen atoms in total. The van der Waals surface area contributed by atoms with Gasteiger partial charge in [0.05, 0.1) is 32.6 Å². The number of methoxy groups -OCH3 is 2. The zero-order chi connectivity index (χ0) is 26.0. The molecular weight excluding hydrogens is 462 g/mol. The summed E-state index contributed by atoms with van der Waals surface area (Å²) in [7, 11) is 3.01. The number of rotatable bonds is 8. The van der Waals surface area contributed by atoms with Crippen molar-refractivity contribution in [3.8, 4) is 11.5 Å². The third-order valence-electron chi connectivity index (χ3n) is 6.44. The first-order valence-corrected chi connectivity index (χ1v) is 11.4. The first-order valence-electron chi connectivity index (χ1n) is 11.4. The van der Waals surface area contributed by atoms with Crippen molar-refractivity contribution in [1.82, 2.24) is 9.88 Å². The number of nitrogens with zero attached hydrogens (tertiary/aromatic N) is 1. The van der Waals surface area contributed by atoms with Gasteiger partial charge in [0.25, 0.3) is 0 Å². The van der Waals surface area contributed by atoms with Crippen molar-refractivity contribution in [3.05, 3.63) is 82.4 Å². The third kappa shape index (κ3) is 4.93. The number of benzene rings is 2. The first kappa shape index (κ1) is 25.3. The predicted molar refractivity (Wildman–Crippen MR) is 138 cm³/mol. The lowest BCUT2D eigenvalue weighted by molar-refractivity contribution is -0.120. The van der Waals surface area contributed by atoms with Gasteiger partial charge < -0.3 is 29.4 Å². The third-order valence-corrected chi connectivity index (χ3v) is 6.44. The summed E-state index contributed by atoms with van der Waals surface area (Å²) in [4.78, 5) is 12.8. The largest absolute Gasteiger partial charge is 0.497 e. The Kier molecular flexibility index (Phi) is 7.33. The zero-order valence-corrected chi connectivity index (χ0v) is 20.6. The van der Waals surface area contributed by atoms with Crippen LogP contribution < -0.4 is 20.3 Å². The number of aromatic nitrogens is 1. The summed E-state index contributed by atoms with van der Waals surface area (Å²) in [5.74, 6) is -0.0216. The molecule has 1 aliphatic rings. The lowest BCUT2D eigenvalue weighted by Gasteiger charge is -2.14. The highest BCUT2D eigenvalue weighted by atomic mass is 19.1. The number of carbonyl (C=O) groups excluding carboxylic acids is 1. The van der Waals surface area contributed by atoms with E-state index in [0.29, 0.717) is 17.7 Å². The van der Waals surface area contributed by atoms with Crippen molar-refractivity contribution in [2.24, 2.45) is 7.05 Å². The van der Waals surface area contributed by atoms with Crippen LogP contribution in [0.4, 0.5) is 4.39 Å². The fourth-order valence-corrected chi connectivity index (χ4v) is 4.54. The monoisotopic (exact) mass is 490 g/mol. The van der Waals surface area contributed by atoms with Crippen LogP contribution in [0, 0.1) is 5.82 Å². The van der Waals surface area contributed by atoms with Crippen LogP contribution in [0.25, 0.3) is 17.2 Å². The summed E-state index contributed by atoms with van der Waals surface area (Å²) in [6.07, 6.45) is 3.91. The van der Waals surface area contributed by atoms with Crippen LogP contribution in [-0.4, -0.2) is 41.9 Å². The summed E-state index contributed by atoms with van der Waals surface area (Å²) >= 11 is 0. The van der Waals surface area contributed by atoms with Crippen molar-refractivity contribution in [2.75, 3.05) is 14.2 Å². The number of carbonyl (C=O) groups is 1. The van der Waals surface area contributed by atoms with Gasteiger partial charge in [0.1, 0.15) is 17.3 Å². The highest BCUT2D eigenvalue weighted by Gasteiger charge is 2.27. The highest BCUT2D eigenvalue weighted by Crippen LogP contribution is 2.44. The molecular formula is C27H28BFN2O5. The average molecular weight is 490 g/mol. The minimum atomic E-state index is -1.77. The molecule has 36 heavy (non-hydrogen) atoms. The SMILES string of the molecule is COc1cc(/C=C2/C(C)=C(CC(=O)NCc3cccn3C)c3cc(F)ccc32)cc(OC)c1B(O)O. The first-order chi connectivity index (χ1) is 17.2.